The Labute approximate surface area is 136 Å². The first kappa shape index (κ1) is 14.4. The Balaban J connectivity index is 1.80. The lowest BCUT2D eigenvalue weighted by Gasteiger charge is -2.37. The maximum atomic E-state index is 4.87. The second kappa shape index (κ2) is 5.46. The molecule has 0 spiro atoms. The van der Waals surface area contributed by atoms with E-state index in [1.807, 2.05) is 18.3 Å². The van der Waals surface area contributed by atoms with Gasteiger partial charge in [0, 0.05) is 24.0 Å². The average Bonchev–Trinajstić information content (AvgIpc) is 3.06. The molecular weight excluding hydrogens is 292 g/mol. The molecule has 1 aliphatic carbocycles. The summed E-state index contributed by atoms with van der Waals surface area (Å²) in [5.41, 5.74) is 1.54. The molecule has 0 N–H and O–H groups in total. The minimum absolute atomic E-state index is 0.630. The van der Waals surface area contributed by atoms with Gasteiger partial charge in [0.05, 0.1) is 5.39 Å². The average molecular weight is 316 g/mol. The first-order chi connectivity index (χ1) is 10.6. The molecule has 3 heterocycles. The molecule has 5 heteroatoms. The molecule has 0 amide bonds. The van der Waals surface area contributed by atoms with Gasteiger partial charge in [-0.15, -0.1) is 11.3 Å². The van der Waals surface area contributed by atoms with E-state index in [4.69, 9.17) is 9.97 Å². The molecule has 0 radical (unpaired) electrons. The van der Waals surface area contributed by atoms with Crippen molar-refractivity contribution in [1.29, 1.82) is 0 Å². The summed E-state index contributed by atoms with van der Waals surface area (Å²) in [6.07, 6.45) is 6.28. The normalized spacial score (nSPS) is 21.8. The van der Waals surface area contributed by atoms with Gasteiger partial charge in [0.1, 0.15) is 16.5 Å². The zero-order valence-corrected chi connectivity index (χ0v) is 14.5. The molecule has 0 bridgehead atoms. The quantitative estimate of drug-likeness (QED) is 0.852. The zero-order chi connectivity index (χ0) is 15.3. The lowest BCUT2D eigenvalue weighted by molar-refractivity contribution is 0.257. The van der Waals surface area contributed by atoms with Crippen molar-refractivity contribution in [1.82, 2.24) is 14.9 Å². The summed E-state index contributed by atoms with van der Waals surface area (Å²) in [4.78, 5) is 17.2. The van der Waals surface area contributed by atoms with Gasteiger partial charge in [-0.3, -0.25) is 0 Å². The van der Waals surface area contributed by atoms with E-state index in [2.05, 4.69) is 23.9 Å². The van der Waals surface area contributed by atoms with E-state index in [0.29, 0.717) is 6.04 Å². The molecule has 22 heavy (non-hydrogen) atoms. The first-order valence-corrected chi connectivity index (χ1v) is 9.15. The molecule has 1 saturated heterocycles. The first-order valence-electron chi connectivity index (χ1n) is 8.33. The molecule has 4 nitrogen and oxygen atoms in total. The van der Waals surface area contributed by atoms with Crippen molar-refractivity contribution in [2.45, 2.75) is 45.1 Å². The van der Waals surface area contributed by atoms with Crippen molar-refractivity contribution >= 4 is 27.4 Å². The minimum Gasteiger partial charge on any atom is -0.354 e. The van der Waals surface area contributed by atoms with Crippen LogP contribution < -0.4 is 4.90 Å². The van der Waals surface area contributed by atoms with Crippen LogP contribution in [0.5, 0.6) is 0 Å². The van der Waals surface area contributed by atoms with E-state index in [1.54, 1.807) is 10.4 Å². The lowest BCUT2D eigenvalue weighted by Crippen LogP contribution is -2.45. The van der Waals surface area contributed by atoms with Gasteiger partial charge in [-0.05, 0) is 58.7 Å². The van der Waals surface area contributed by atoms with Gasteiger partial charge in [-0.2, -0.15) is 0 Å². The predicted octanol–water partition coefficient (Wildman–Crippen LogP) is 3.02. The summed E-state index contributed by atoms with van der Waals surface area (Å²) in [6, 6.07) is 0.630. The molecular formula is C17H24N4S. The van der Waals surface area contributed by atoms with Crippen molar-refractivity contribution in [3.63, 3.8) is 0 Å². The summed E-state index contributed by atoms with van der Waals surface area (Å²) in [6.45, 7) is 4.24. The number of hydrogen-bond acceptors (Lipinski definition) is 5. The van der Waals surface area contributed by atoms with E-state index in [9.17, 15) is 0 Å². The van der Waals surface area contributed by atoms with Crippen molar-refractivity contribution in [2.75, 3.05) is 32.1 Å². The highest BCUT2D eigenvalue weighted by atomic mass is 32.1. The fourth-order valence-electron chi connectivity index (χ4n) is 3.88. The Hall–Kier alpha value is -1.20. The van der Waals surface area contributed by atoms with Gasteiger partial charge in [0.25, 0.3) is 0 Å². The van der Waals surface area contributed by atoms with Gasteiger partial charge in [-0.25, -0.2) is 9.97 Å². The number of fused-ring (bicyclic) bond motifs is 3. The molecule has 2 aromatic heterocycles. The maximum Gasteiger partial charge on any atom is 0.141 e. The van der Waals surface area contributed by atoms with Crippen LogP contribution in [0.25, 0.3) is 10.2 Å². The van der Waals surface area contributed by atoms with Gasteiger partial charge >= 0.3 is 0 Å². The van der Waals surface area contributed by atoms with E-state index in [-0.39, 0.29) is 0 Å². The molecule has 1 fully saturated rings. The standard InChI is InChI=1S/C17H24N4S/c1-11-18-16(21-9-5-6-12(10-21)20(2)3)15-13-7-4-8-14(13)22-17(15)19-11/h12H,4-10H2,1-3H3/t12-/m1/s1. The van der Waals surface area contributed by atoms with Gasteiger partial charge in [0.2, 0.25) is 0 Å². The second-order valence-electron chi connectivity index (χ2n) is 6.84. The molecule has 0 saturated carbocycles. The molecule has 1 aliphatic heterocycles. The highest BCUT2D eigenvalue weighted by Crippen LogP contribution is 2.41. The fraction of sp³-hybridized carbons (Fsp3) is 0.647. The minimum atomic E-state index is 0.630. The second-order valence-corrected chi connectivity index (χ2v) is 7.92. The summed E-state index contributed by atoms with van der Waals surface area (Å²) in [5, 5.41) is 1.36. The van der Waals surface area contributed by atoms with Crippen LogP contribution in [-0.2, 0) is 12.8 Å². The Kier molecular flexibility index (Phi) is 3.57. The fourth-order valence-corrected chi connectivity index (χ4v) is 5.18. The Morgan fingerprint density at radius 2 is 2.05 bits per heavy atom. The third-order valence-electron chi connectivity index (χ3n) is 5.08. The number of anilines is 1. The van der Waals surface area contributed by atoms with Crippen molar-refractivity contribution in [3.05, 3.63) is 16.3 Å². The molecule has 2 aromatic rings. The van der Waals surface area contributed by atoms with Crippen LogP contribution in [0.1, 0.15) is 35.5 Å². The molecule has 0 unspecified atom stereocenters. The summed E-state index contributed by atoms with van der Waals surface area (Å²) in [5.74, 6) is 2.11. The Morgan fingerprint density at radius 1 is 1.18 bits per heavy atom. The van der Waals surface area contributed by atoms with Crippen LogP contribution in [-0.4, -0.2) is 48.1 Å². The van der Waals surface area contributed by atoms with Crippen molar-refractivity contribution in [3.8, 4) is 0 Å². The number of piperidine rings is 1. The summed E-state index contributed by atoms with van der Waals surface area (Å²) in [7, 11) is 4.38. The third kappa shape index (κ3) is 2.31. The van der Waals surface area contributed by atoms with Crippen molar-refractivity contribution < 1.29 is 0 Å². The van der Waals surface area contributed by atoms with Crippen LogP contribution in [0.15, 0.2) is 0 Å². The van der Waals surface area contributed by atoms with Crippen molar-refractivity contribution in [2.24, 2.45) is 0 Å². The maximum absolute atomic E-state index is 4.87. The third-order valence-corrected chi connectivity index (χ3v) is 6.27. The monoisotopic (exact) mass is 316 g/mol. The number of nitrogens with zero attached hydrogens (tertiary/aromatic N) is 4. The molecule has 0 aromatic carbocycles. The predicted molar refractivity (Wildman–Crippen MR) is 93.1 cm³/mol. The van der Waals surface area contributed by atoms with Gasteiger partial charge in [0.15, 0.2) is 0 Å². The van der Waals surface area contributed by atoms with Crippen LogP contribution in [0.4, 0.5) is 5.82 Å². The van der Waals surface area contributed by atoms with E-state index >= 15 is 0 Å². The SMILES string of the molecule is Cc1nc(N2CCC[C@@H](N(C)C)C2)c2c3c(sc2n1)CCC3. The Morgan fingerprint density at radius 3 is 2.86 bits per heavy atom. The number of hydrogen-bond donors (Lipinski definition) is 0. The number of aromatic nitrogens is 2. The summed E-state index contributed by atoms with van der Waals surface area (Å²) < 4.78 is 0. The van der Waals surface area contributed by atoms with Gasteiger partial charge in [-0.1, -0.05) is 0 Å². The topological polar surface area (TPSA) is 32.3 Å². The van der Waals surface area contributed by atoms with E-state index in [1.165, 1.54) is 48.1 Å². The number of rotatable bonds is 2. The number of thiophene rings is 1. The van der Waals surface area contributed by atoms with E-state index < -0.39 is 0 Å². The molecule has 1 atom stereocenters. The highest BCUT2D eigenvalue weighted by Gasteiger charge is 2.27. The van der Waals surface area contributed by atoms with Crippen LogP contribution in [0, 0.1) is 6.92 Å². The molecule has 4 rings (SSSR count). The summed E-state index contributed by atoms with van der Waals surface area (Å²) >= 11 is 1.90. The smallest absolute Gasteiger partial charge is 0.141 e. The van der Waals surface area contributed by atoms with Crippen LogP contribution in [0.3, 0.4) is 0 Å². The van der Waals surface area contributed by atoms with Gasteiger partial charge < -0.3 is 9.80 Å². The highest BCUT2D eigenvalue weighted by molar-refractivity contribution is 7.19. The number of aryl methyl sites for hydroxylation is 3. The largest absolute Gasteiger partial charge is 0.354 e. The van der Waals surface area contributed by atoms with Crippen LogP contribution in [0.2, 0.25) is 0 Å². The van der Waals surface area contributed by atoms with E-state index in [0.717, 1.165) is 18.9 Å². The number of likely N-dealkylation sites (N-methyl/N-ethyl adjacent to an activating group) is 1. The van der Waals surface area contributed by atoms with Crippen LogP contribution >= 0.6 is 11.3 Å². The Bertz CT molecular complexity index is 706. The molecule has 118 valence electrons. The lowest BCUT2D eigenvalue weighted by atomic mass is 10.0. The zero-order valence-electron chi connectivity index (χ0n) is 13.7. The molecule has 2 aliphatic rings.